The van der Waals surface area contributed by atoms with Crippen molar-refractivity contribution >= 4 is 17.8 Å². The monoisotopic (exact) mass is 267 g/mol. The average molecular weight is 267 g/mol. The quantitative estimate of drug-likeness (QED) is 0.510. The molecule has 0 heterocycles. The Morgan fingerprint density at radius 1 is 1.20 bits per heavy atom. The number of hydrazone groups is 1. The molecule has 0 unspecified atom stereocenters. The Morgan fingerprint density at radius 3 is 2.70 bits per heavy atom. The van der Waals surface area contributed by atoms with E-state index in [0.717, 1.165) is 16.7 Å². The summed E-state index contributed by atoms with van der Waals surface area (Å²) in [5.74, 6) is -0.315. The van der Waals surface area contributed by atoms with E-state index in [0.29, 0.717) is 11.3 Å². The molecule has 20 heavy (non-hydrogen) atoms. The molecule has 0 spiro atoms. The number of carbonyl (C=O) groups excluding carboxylic acids is 1. The third-order valence-electron chi connectivity index (χ3n) is 3.01. The van der Waals surface area contributed by atoms with Crippen molar-refractivity contribution in [3.8, 4) is 0 Å². The van der Waals surface area contributed by atoms with Crippen LogP contribution in [0.4, 0.5) is 5.69 Å². The Kier molecular flexibility index (Phi) is 4.15. The zero-order valence-corrected chi connectivity index (χ0v) is 11.6. The number of benzene rings is 2. The lowest BCUT2D eigenvalue weighted by molar-refractivity contribution is 0.0956. The van der Waals surface area contributed by atoms with Crippen LogP contribution in [0.3, 0.4) is 0 Å². The van der Waals surface area contributed by atoms with Crippen LogP contribution < -0.4 is 11.2 Å². The Balaban J connectivity index is 2.09. The third kappa shape index (κ3) is 3.23. The lowest BCUT2D eigenvalue weighted by Gasteiger charge is -2.04. The van der Waals surface area contributed by atoms with Crippen LogP contribution >= 0.6 is 0 Å². The highest BCUT2D eigenvalue weighted by atomic mass is 16.2. The fourth-order valence-electron chi connectivity index (χ4n) is 1.82. The molecular weight excluding hydrogens is 250 g/mol. The Hall–Kier alpha value is -2.62. The molecule has 0 saturated carbocycles. The standard InChI is InChI=1S/C16H17N3O/c1-11-7-8-12(2)13(9-11)10-18-19-16(20)14-5-3-4-6-15(14)17/h3-10H,17H2,1-2H3,(H,19,20)/b18-10+. The molecule has 3 N–H and O–H groups in total. The van der Waals surface area contributed by atoms with Gasteiger partial charge in [0.2, 0.25) is 0 Å². The van der Waals surface area contributed by atoms with E-state index in [2.05, 4.69) is 10.5 Å². The number of nitrogens with zero attached hydrogens (tertiary/aromatic N) is 1. The molecular formula is C16H17N3O. The van der Waals surface area contributed by atoms with Crippen molar-refractivity contribution in [3.63, 3.8) is 0 Å². The van der Waals surface area contributed by atoms with Gasteiger partial charge in [-0.2, -0.15) is 5.10 Å². The Labute approximate surface area is 118 Å². The van der Waals surface area contributed by atoms with Gasteiger partial charge in [-0.1, -0.05) is 35.9 Å². The highest BCUT2D eigenvalue weighted by molar-refractivity contribution is 5.99. The second-order valence-corrected chi connectivity index (χ2v) is 4.65. The van der Waals surface area contributed by atoms with E-state index in [4.69, 9.17) is 5.73 Å². The van der Waals surface area contributed by atoms with Gasteiger partial charge in [-0.25, -0.2) is 5.43 Å². The highest BCUT2D eigenvalue weighted by Crippen LogP contribution is 2.10. The number of para-hydroxylation sites is 1. The molecule has 0 aliphatic carbocycles. The predicted molar refractivity (Wildman–Crippen MR) is 81.8 cm³/mol. The van der Waals surface area contributed by atoms with Crippen molar-refractivity contribution in [1.82, 2.24) is 5.43 Å². The van der Waals surface area contributed by atoms with Gasteiger partial charge in [-0.05, 0) is 37.1 Å². The first-order valence-corrected chi connectivity index (χ1v) is 6.33. The maximum atomic E-state index is 11.9. The predicted octanol–water partition coefficient (Wildman–Crippen LogP) is 2.65. The maximum Gasteiger partial charge on any atom is 0.273 e. The first-order valence-electron chi connectivity index (χ1n) is 6.33. The zero-order chi connectivity index (χ0) is 14.5. The van der Waals surface area contributed by atoms with Gasteiger partial charge in [0.05, 0.1) is 11.8 Å². The van der Waals surface area contributed by atoms with E-state index in [1.54, 1.807) is 30.5 Å². The number of rotatable bonds is 3. The number of hydrogen-bond acceptors (Lipinski definition) is 3. The molecule has 4 heteroatoms. The van der Waals surface area contributed by atoms with Crippen LogP contribution in [0.5, 0.6) is 0 Å². The van der Waals surface area contributed by atoms with Crippen molar-refractivity contribution in [3.05, 3.63) is 64.7 Å². The lowest BCUT2D eigenvalue weighted by atomic mass is 10.1. The molecule has 0 radical (unpaired) electrons. The van der Waals surface area contributed by atoms with Crippen molar-refractivity contribution in [2.75, 3.05) is 5.73 Å². The number of nitrogens with two attached hydrogens (primary N) is 1. The topological polar surface area (TPSA) is 67.5 Å². The number of hydrogen-bond donors (Lipinski definition) is 2. The number of nitrogen functional groups attached to an aromatic ring is 1. The van der Waals surface area contributed by atoms with E-state index in [1.807, 2.05) is 32.0 Å². The molecule has 0 aliphatic heterocycles. The molecule has 102 valence electrons. The minimum absolute atomic E-state index is 0.315. The summed E-state index contributed by atoms with van der Waals surface area (Å²) >= 11 is 0. The van der Waals surface area contributed by atoms with Crippen LogP contribution in [0.15, 0.2) is 47.6 Å². The van der Waals surface area contributed by atoms with Crippen LogP contribution in [-0.2, 0) is 0 Å². The number of amides is 1. The van der Waals surface area contributed by atoms with Crippen LogP contribution in [0.2, 0.25) is 0 Å². The molecule has 0 atom stereocenters. The average Bonchev–Trinajstić information content (AvgIpc) is 2.43. The van der Waals surface area contributed by atoms with Crippen LogP contribution in [0.25, 0.3) is 0 Å². The van der Waals surface area contributed by atoms with Gasteiger partial charge in [-0.3, -0.25) is 4.79 Å². The molecule has 0 fully saturated rings. The first-order chi connectivity index (χ1) is 9.58. The molecule has 1 amide bonds. The summed E-state index contributed by atoms with van der Waals surface area (Å²) in [7, 11) is 0. The Bertz CT molecular complexity index is 663. The minimum atomic E-state index is -0.315. The zero-order valence-electron chi connectivity index (χ0n) is 11.6. The number of carbonyl (C=O) groups is 1. The van der Waals surface area contributed by atoms with E-state index in [9.17, 15) is 4.79 Å². The summed E-state index contributed by atoms with van der Waals surface area (Å²) in [5.41, 5.74) is 12.3. The van der Waals surface area contributed by atoms with Crippen molar-refractivity contribution < 1.29 is 4.79 Å². The molecule has 4 nitrogen and oxygen atoms in total. The molecule has 2 aromatic carbocycles. The summed E-state index contributed by atoms with van der Waals surface area (Å²) in [5, 5.41) is 3.98. The van der Waals surface area contributed by atoms with Gasteiger partial charge in [0.25, 0.3) is 5.91 Å². The van der Waals surface area contributed by atoms with Crippen LogP contribution in [-0.4, -0.2) is 12.1 Å². The normalized spacial score (nSPS) is 10.7. The largest absolute Gasteiger partial charge is 0.398 e. The summed E-state index contributed by atoms with van der Waals surface area (Å²) in [6.07, 6.45) is 1.64. The highest BCUT2D eigenvalue weighted by Gasteiger charge is 2.06. The summed E-state index contributed by atoms with van der Waals surface area (Å²) in [6, 6.07) is 13.0. The fourth-order valence-corrected chi connectivity index (χ4v) is 1.82. The van der Waals surface area contributed by atoms with Crippen molar-refractivity contribution in [2.45, 2.75) is 13.8 Å². The van der Waals surface area contributed by atoms with E-state index < -0.39 is 0 Å². The summed E-state index contributed by atoms with van der Waals surface area (Å²) in [4.78, 5) is 11.9. The number of aryl methyl sites for hydroxylation is 2. The van der Waals surface area contributed by atoms with E-state index >= 15 is 0 Å². The number of anilines is 1. The second-order valence-electron chi connectivity index (χ2n) is 4.65. The third-order valence-corrected chi connectivity index (χ3v) is 3.01. The number of nitrogens with one attached hydrogen (secondary N) is 1. The molecule has 0 aromatic heterocycles. The van der Waals surface area contributed by atoms with E-state index in [1.165, 1.54) is 0 Å². The molecule has 0 aliphatic rings. The van der Waals surface area contributed by atoms with Crippen LogP contribution in [0.1, 0.15) is 27.0 Å². The van der Waals surface area contributed by atoms with Crippen LogP contribution in [0, 0.1) is 13.8 Å². The Morgan fingerprint density at radius 2 is 1.95 bits per heavy atom. The van der Waals surface area contributed by atoms with Gasteiger partial charge in [0.15, 0.2) is 0 Å². The molecule has 0 saturated heterocycles. The summed E-state index contributed by atoms with van der Waals surface area (Å²) in [6.45, 7) is 4.01. The summed E-state index contributed by atoms with van der Waals surface area (Å²) < 4.78 is 0. The van der Waals surface area contributed by atoms with Gasteiger partial charge >= 0.3 is 0 Å². The minimum Gasteiger partial charge on any atom is -0.398 e. The second kappa shape index (κ2) is 6.02. The SMILES string of the molecule is Cc1ccc(C)c(/C=N/NC(=O)c2ccccc2N)c1. The molecule has 0 bridgehead atoms. The van der Waals surface area contributed by atoms with E-state index in [-0.39, 0.29) is 5.91 Å². The van der Waals surface area contributed by atoms with Gasteiger partial charge in [0.1, 0.15) is 0 Å². The van der Waals surface area contributed by atoms with Gasteiger partial charge in [-0.15, -0.1) is 0 Å². The van der Waals surface area contributed by atoms with Gasteiger partial charge < -0.3 is 5.73 Å². The van der Waals surface area contributed by atoms with Gasteiger partial charge in [0, 0.05) is 5.69 Å². The fraction of sp³-hybridized carbons (Fsp3) is 0.125. The lowest BCUT2D eigenvalue weighted by Crippen LogP contribution is -2.19. The maximum absolute atomic E-state index is 11.9. The first kappa shape index (κ1) is 13.8. The smallest absolute Gasteiger partial charge is 0.273 e. The molecule has 2 rings (SSSR count). The van der Waals surface area contributed by atoms with Crippen molar-refractivity contribution in [1.29, 1.82) is 0 Å². The molecule has 2 aromatic rings. The van der Waals surface area contributed by atoms with Crippen molar-refractivity contribution in [2.24, 2.45) is 5.10 Å².